The lowest BCUT2D eigenvalue weighted by molar-refractivity contribution is 0.0418. The summed E-state index contributed by atoms with van der Waals surface area (Å²) in [6.45, 7) is 0. The highest BCUT2D eigenvalue weighted by Crippen LogP contribution is 1.97. The SMILES string of the molecule is CO[Si](O)(OC)OC.N. The van der Waals surface area contributed by atoms with Crippen molar-refractivity contribution in [2.45, 2.75) is 0 Å². The predicted molar refractivity (Wildman–Crippen MR) is 34.0 cm³/mol. The minimum Gasteiger partial charge on any atom is -0.367 e. The highest BCUT2D eigenvalue weighted by Gasteiger charge is 2.36. The topological polar surface area (TPSA) is 82.9 Å². The average molecular weight is 155 g/mol. The van der Waals surface area contributed by atoms with Crippen molar-refractivity contribution in [2.24, 2.45) is 0 Å². The summed E-state index contributed by atoms with van der Waals surface area (Å²) in [5.41, 5.74) is 0. The summed E-state index contributed by atoms with van der Waals surface area (Å²) in [5, 5.41) is 0. The fourth-order valence-electron chi connectivity index (χ4n) is 0.250. The summed E-state index contributed by atoms with van der Waals surface area (Å²) >= 11 is 0. The largest absolute Gasteiger partial charge is 0.676 e. The van der Waals surface area contributed by atoms with Crippen LogP contribution in [0.5, 0.6) is 0 Å². The van der Waals surface area contributed by atoms with E-state index in [1.807, 2.05) is 0 Å². The second-order valence-corrected chi connectivity index (χ2v) is 3.41. The van der Waals surface area contributed by atoms with E-state index in [4.69, 9.17) is 4.80 Å². The first-order chi connectivity index (χ1) is 3.68. The third-order valence-corrected chi connectivity index (χ3v) is 2.32. The third kappa shape index (κ3) is 3.57. The fourth-order valence-corrected chi connectivity index (χ4v) is 0.750. The van der Waals surface area contributed by atoms with Gasteiger partial charge in [-0.1, -0.05) is 0 Å². The quantitative estimate of drug-likeness (QED) is 0.538. The van der Waals surface area contributed by atoms with E-state index >= 15 is 0 Å². The van der Waals surface area contributed by atoms with Gasteiger partial charge in [0, 0.05) is 21.3 Å². The Morgan fingerprint density at radius 3 is 1.22 bits per heavy atom. The Morgan fingerprint density at radius 1 is 1.00 bits per heavy atom. The van der Waals surface area contributed by atoms with Gasteiger partial charge in [0.25, 0.3) is 0 Å². The Hall–Kier alpha value is 0.0169. The van der Waals surface area contributed by atoms with Gasteiger partial charge in [-0.05, 0) is 0 Å². The molecule has 58 valence electrons. The molecule has 0 aliphatic rings. The van der Waals surface area contributed by atoms with E-state index in [-0.39, 0.29) is 6.15 Å². The van der Waals surface area contributed by atoms with Crippen LogP contribution in [-0.4, -0.2) is 35.2 Å². The molecule has 5 nitrogen and oxygen atoms in total. The van der Waals surface area contributed by atoms with Crippen LogP contribution >= 0.6 is 0 Å². The van der Waals surface area contributed by atoms with Crippen LogP contribution in [0.25, 0.3) is 0 Å². The van der Waals surface area contributed by atoms with Crippen molar-refractivity contribution in [3.63, 3.8) is 0 Å². The molecular formula is C3H13NO4Si. The molecule has 4 N–H and O–H groups in total. The molecule has 0 aliphatic heterocycles. The highest BCUT2D eigenvalue weighted by molar-refractivity contribution is 6.51. The highest BCUT2D eigenvalue weighted by atomic mass is 28.4. The van der Waals surface area contributed by atoms with Crippen LogP contribution in [0.1, 0.15) is 0 Å². The molecule has 0 rings (SSSR count). The van der Waals surface area contributed by atoms with Crippen LogP contribution in [-0.2, 0) is 13.3 Å². The van der Waals surface area contributed by atoms with Crippen molar-refractivity contribution in [1.29, 1.82) is 0 Å². The van der Waals surface area contributed by atoms with Gasteiger partial charge < -0.3 is 24.2 Å². The third-order valence-electron chi connectivity index (χ3n) is 0.774. The lowest BCUT2D eigenvalue weighted by Gasteiger charge is -2.14. The van der Waals surface area contributed by atoms with Crippen LogP contribution in [0.15, 0.2) is 0 Å². The van der Waals surface area contributed by atoms with Gasteiger partial charge in [0.2, 0.25) is 0 Å². The molecule has 0 aromatic heterocycles. The summed E-state index contributed by atoms with van der Waals surface area (Å²) in [6.07, 6.45) is 0. The molecule has 0 saturated carbocycles. The number of hydrogen-bond donors (Lipinski definition) is 2. The molecule has 0 aliphatic carbocycles. The Balaban J connectivity index is 0. The van der Waals surface area contributed by atoms with Crippen LogP contribution < -0.4 is 6.15 Å². The van der Waals surface area contributed by atoms with Crippen LogP contribution in [0.4, 0.5) is 0 Å². The molecule has 9 heavy (non-hydrogen) atoms. The maximum Gasteiger partial charge on any atom is 0.676 e. The van der Waals surface area contributed by atoms with Gasteiger partial charge >= 0.3 is 9.05 Å². The standard InChI is InChI=1S/C3H10O4Si.H3N/c1-5-8(4,6-2)7-3;/h4H,1-3H3;1H3. The molecule has 0 amide bonds. The van der Waals surface area contributed by atoms with E-state index in [0.29, 0.717) is 0 Å². The van der Waals surface area contributed by atoms with Crippen molar-refractivity contribution < 1.29 is 18.1 Å². The second kappa shape index (κ2) is 4.85. The zero-order valence-corrected chi connectivity index (χ0v) is 6.88. The first-order valence-electron chi connectivity index (χ1n) is 2.06. The summed E-state index contributed by atoms with van der Waals surface area (Å²) < 4.78 is 13.5. The molecule has 6 heteroatoms. The molecule has 0 unspecified atom stereocenters. The van der Waals surface area contributed by atoms with Gasteiger partial charge in [0.05, 0.1) is 0 Å². The minimum atomic E-state index is -3.17. The van der Waals surface area contributed by atoms with Crippen LogP contribution in [0.3, 0.4) is 0 Å². The summed E-state index contributed by atoms with van der Waals surface area (Å²) in [5.74, 6) is 0. The van der Waals surface area contributed by atoms with E-state index in [0.717, 1.165) is 0 Å². The normalized spacial score (nSPS) is 10.7. The maximum atomic E-state index is 8.91. The van der Waals surface area contributed by atoms with Gasteiger partial charge in [-0.3, -0.25) is 0 Å². The Labute approximate surface area is 55.6 Å². The van der Waals surface area contributed by atoms with E-state index in [9.17, 15) is 0 Å². The molecule has 0 radical (unpaired) electrons. The molecule has 0 saturated heterocycles. The molecule has 0 aromatic carbocycles. The van der Waals surface area contributed by atoms with Crippen LogP contribution in [0.2, 0.25) is 0 Å². The van der Waals surface area contributed by atoms with Gasteiger partial charge in [0.1, 0.15) is 0 Å². The molecule has 0 aromatic rings. The zero-order chi connectivity index (χ0) is 6.62. The maximum absolute atomic E-state index is 8.91. The van der Waals surface area contributed by atoms with Gasteiger partial charge in [-0.2, -0.15) is 0 Å². The van der Waals surface area contributed by atoms with Crippen molar-refractivity contribution in [1.82, 2.24) is 6.15 Å². The van der Waals surface area contributed by atoms with Crippen molar-refractivity contribution in [3.05, 3.63) is 0 Å². The minimum absolute atomic E-state index is 0. The molecule has 0 fully saturated rings. The van der Waals surface area contributed by atoms with Crippen LogP contribution in [0, 0.1) is 0 Å². The second-order valence-electron chi connectivity index (χ2n) is 1.14. The summed E-state index contributed by atoms with van der Waals surface area (Å²) in [4.78, 5) is 8.91. The lowest BCUT2D eigenvalue weighted by atomic mass is 11.8. The monoisotopic (exact) mass is 155 g/mol. The van der Waals surface area contributed by atoms with E-state index in [1.54, 1.807) is 0 Å². The summed E-state index contributed by atoms with van der Waals surface area (Å²) in [6, 6.07) is 0. The predicted octanol–water partition coefficient (Wildman–Crippen LogP) is -0.485. The smallest absolute Gasteiger partial charge is 0.367 e. The van der Waals surface area contributed by atoms with Crippen molar-refractivity contribution >= 4 is 9.05 Å². The first-order valence-corrected chi connectivity index (χ1v) is 3.73. The van der Waals surface area contributed by atoms with Crippen molar-refractivity contribution in [3.8, 4) is 0 Å². The summed E-state index contributed by atoms with van der Waals surface area (Å²) in [7, 11) is 0.826. The number of hydrogen-bond acceptors (Lipinski definition) is 5. The average Bonchev–Trinajstić information content (AvgIpc) is 1.87. The molecule has 0 spiro atoms. The zero-order valence-electron chi connectivity index (χ0n) is 5.88. The van der Waals surface area contributed by atoms with Gasteiger partial charge in [-0.15, -0.1) is 0 Å². The van der Waals surface area contributed by atoms with E-state index in [1.165, 1.54) is 21.3 Å². The molecule has 0 heterocycles. The van der Waals surface area contributed by atoms with E-state index < -0.39 is 9.05 Å². The number of rotatable bonds is 3. The van der Waals surface area contributed by atoms with E-state index in [2.05, 4.69) is 13.3 Å². The Kier molecular flexibility index (Phi) is 6.35. The molecule has 0 atom stereocenters. The lowest BCUT2D eigenvalue weighted by Crippen LogP contribution is -2.42. The van der Waals surface area contributed by atoms with Gasteiger partial charge in [-0.25, -0.2) is 0 Å². The molecule has 0 bridgehead atoms. The Morgan fingerprint density at radius 2 is 1.22 bits per heavy atom. The fraction of sp³-hybridized carbons (Fsp3) is 1.00. The van der Waals surface area contributed by atoms with Gasteiger partial charge in [0.15, 0.2) is 0 Å². The first kappa shape index (κ1) is 11.8. The molecular weight excluding hydrogens is 142 g/mol. The Bertz CT molecular complexity index is 58.6. The van der Waals surface area contributed by atoms with Crippen molar-refractivity contribution in [2.75, 3.05) is 21.3 Å².